The normalized spacial score (nSPS) is 15.1. The Morgan fingerprint density at radius 2 is 2.10 bits per heavy atom. The van der Waals surface area contributed by atoms with Gasteiger partial charge in [0.05, 0.1) is 30.5 Å². The Bertz CT molecular complexity index is 1060. The van der Waals surface area contributed by atoms with Crippen LogP contribution in [0, 0.1) is 0 Å². The average Bonchev–Trinajstić information content (AvgIpc) is 3.04. The molecule has 0 aliphatic carbocycles. The van der Waals surface area contributed by atoms with Crippen molar-refractivity contribution in [1.82, 2.24) is 9.97 Å². The van der Waals surface area contributed by atoms with Gasteiger partial charge in [0.1, 0.15) is 16.4 Å². The van der Waals surface area contributed by atoms with E-state index in [0.717, 1.165) is 27.3 Å². The molecule has 152 valence electrons. The number of nitrogens with zero attached hydrogens (tertiary/aromatic N) is 2. The van der Waals surface area contributed by atoms with Crippen LogP contribution >= 0.6 is 23.1 Å². The fourth-order valence-corrected chi connectivity index (χ4v) is 5.04. The van der Waals surface area contributed by atoms with Crippen LogP contribution in [0.3, 0.4) is 0 Å². The van der Waals surface area contributed by atoms with Crippen molar-refractivity contribution in [2.24, 2.45) is 0 Å². The fraction of sp³-hybridized carbons (Fsp3) is 0.350. The van der Waals surface area contributed by atoms with Gasteiger partial charge in [-0.1, -0.05) is 11.8 Å². The molecule has 9 heteroatoms. The molecule has 0 fully saturated rings. The van der Waals surface area contributed by atoms with E-state index in [-0.39, 0.29) is 17.3 Å². The summed E-state index contributed by atoms with van der Waals surface area (Å²) in [5.41, 5.74) is 7.94. The van der Waals surface area contributed by atoms with Gasteiger partial charge in [0.15, 0.2) is 5.16 Å². The van der Waals surface area contributed by atoms with Gasteiger partial charge in [-0.3, -0.25) is 4.79 Å². The Kier molecular flexibility index (Phi) is 5.37. The number of methoxy groups -OCH3 is 1. The first-order valence-electron chi connectivity index (χ1n) is 9.13. The first kappa shape index (κ1) is 19.9. The van der Waals surface area contributed by atoms with Crippen molar-refractivity contribution in [3.8, 4) is 5.75 Å². The van der Waals surface area contributed by atoms with Gasteiger partial charge in [-0.25, -0.2) is 9.97 Å². The summed E-state index contributed by atoms with van der Waals surface area (Å²) in [6.07, 6.45) is 0.784. The van der Waals surface area contributed by atoms with Crippen LogP contribution in [0.2, 0.25) is 0 Å². The molecular formula is C20H22N4O3S2. The maximum absolute atomic E-state index is 12.3. The lowest BCUT2D eigenvalue weighted by Gasteiger charge is -2.30. The van der Waals surface area contributed by atoms with E-state index < -0.39 is 0 Å². The van der Waals surface area contributed by atoms with Crippen molar-refractivity contribution in [3.05, 3.63) is 34.7 Å². The molecule has 2 aromatic heterocycles. The molecule has 3 aromatic rings. The number of carbonyl (C=O) groups excluding carboxylic acids is 1. The Labute approximate surface area is 177 Å². The minimum Gasteiger partial charge on any atom is -0.497 e. The van der Waals surface area contributed by atoms with Gasteiger partial charge < -0.3 is 20.5 Å². The van der Waals surface area contributed by atoms with Crippen molar-refractivity contribution < 1.29 is 14.3 Å². The van der Waals surface area contributed by atoms with Crippen LogP contribution in [0.1, 0.15) is 24.3 Å². The number of thioether (sulfide) groups is 1. The number of ether oxygens (including phenoxy) is 2. The zero-order valence-electron chi connectivity index (χ0n) is 16.4. The van der Waals surface area contributed by atoms with E-state index in [1.807, 2.05) is 0 Å². The zero-order valence-corrected chi connectivity index (χ0v) is 18.1. The van der Waals surface area contributed by atoms with Crippen molar-refractivity contribution in [2.75, 3.05) is 23.9 Å². The molecule has 0 radical (unpaired) electrons. The summed E-state index contributed by atoms with van der Waals surface area (Å²) >= 11 is 2.85. The highest BCUT2D eigenvalue weighted by molar-refractivity contribution is 7.99. The summed E-state index contributed by atoms with van der Waals surface area (Å²) in [5.74, 6) is 1.26. The average molecular weight is 431 g/mol. The van der Waals surface area contributed by atoms with E-state index in [0.29, 0.717) is 23.3 Å². The maximum atomic E-state index is 12.3. The van der Waals surface area contributed by atoms with Crippen molar-refractivity contribution >= 4 is 50.7 Å². The molecule has 4 rings (SSSR count). The third kappa shape index (κ3) is 4.31. The molecule has 0 saturated heterocycles. The topological polar surface area (TPSA) is 99.4 Å². The summed E-state index contributed by atoms with van der Waals surface area (Å²) < 4.78 is 11.0. The molecular weight excluding hydrogens is 408 g/mol. The molecule has 29 heavy (non-hydrogen) atoms. The smallest absolute Gasteiger partial charge is 0.234 e. The van der Waals surface area contributed by atoms with E-state index in [1.54, 1.807) is 42.7 Å². The lowest BCUT2D eigenvalue weighted by atomic mass is 9.94. The second-order valence-corrected chi connectivity index (χ2v) is 9.39. The molecule has 1 amide bonds. The molecule has 0 atom stereocenters. The molecule has 1 aliphatic rings. The van der Waals surface area contributed by atoms with Gasteiger partial charge in [0.2, 0.25) is 5.91 Å². The number of hydrogen-bond acceptors (Lipinski definition) is 8. The molecule has 7 nitrogen and oxygen atoms in total. The van der Waals surface area contributed by atoms with E-state index in [2.05, 4.69) is 29.1 Å². The van der Waals surface area contributed by atoms with Gasteiger partial charge >= 0.3 is 0 Å². The van der Waals surface area contributed by atoms with Crippen LogP contribution in [0.5, 0.6) is 5.75 Å². The second-order valence-electron chi connectivity index (χ2n) is 7.37. The highest BCUT2D eigenvalue weighted by atomic mass is 32.2. The Morgan fingerprint density at radius 3 is 2.83 bits per heavy atom. The number of rotatable bonds is 5. The lowest BCUT2D eigenvalue weighted by Crippen LogP contribution is -2.31. The molecule has 0 spiro atoms. The maximum Gasteiger partial charge on any atom is 0.234 e. The standard InChI is InChI=1S/C20H22N4O3S2/c1-20(2)8-13-14(9-27-20)29-18-16(13)17(21)23-19(24-18)28-10-15(25)22-11-4-6-12(26-3)7-5-11/h4-7H,8-10H2,1-3H3,(H,22,25)(H2,21,23,24). The monoisotopic (exact) mass is 430 g/mol. The SMILES string of the molecule is COc1ccc(NC(=O)CSc2nc(N)c3c4c(sc3n2)COC(C)(C)C4)cc1. The summed E-state index contributed by atoms with van der Waals surface area (Å²) in [4.78, 5) is 23.3. The minimum atomic E-state index is -0.222. The molecule has 0 bridgehead atoms. The van der Waals surface area contributed by atoms with Crippen molar-refractivity contribution in [1.29, 1.82) is 0 Å². The van der Waals surface area contributed by atoms with Crippen LogP contribution < -0.4 is 15.8 Å². The predicted molar refractivity (Wildman–Crippen MR) is 117 cm³/mol. The summed E-state index contributed by atoms with van der Waals surface area (Å²) in [6.45, 7) is 4.71. The number of benzene rings is 1. The van der Waals surface area contributed by atoms with Gasteiger partial charge in [0, 0.05) is 17.0 Å². The van der Waals surface area contributed by atoms with E-state index in [4.69, 9.17) is 15.2 Å². The lowest BCUT2D eigenvalue weighted by molar-refractivity contribution is -0.113. The van der Waals surface area contributed by atoms with Gasteiger partial charge in [0.25, 0.3) is 0 Å². The number of nitrogens with two attached hydrogens (primary N) is 1. The molecule has 1 aromatic carbocycles. The first-order valence-corrected chi connectivity index (χ1v) is 10.9. The summed E-state index contributed by atoms with van der Waals surface area (Å²) in [7, 11) is 1.60. The number of nitrogen functional groups attached to an aromatic ring is 1. The van der Waals surface area contributed by atoms with Gasteiger partial charge in [-0.05, 0) is 43.7 Å². The van der Waals surface area contributed by atoms with Crippen LogP contribution in [-0.4, -0.2) is 34.3 Å². The van der Waals surface area contributed by atoms with Crippen molar-refractivity contribution in [2.45, 2.75) is 37.6 Å². The first-order chi connectivity index (χ1) is 13.8. The molecule has 3 N–H and O–H groups in total. The molecule has 0 unspecified atom stereocenters. The van der Waals surface area contributed by atoms with Gasteiger partial charge in [-0.15, -0.1) is 11.3 Å². The molecule has 0 saturated carbocycles. The highest BCUT2D eigenvalue weighted by Gasteiger charge is 2.30. The summed E-state index contributed by atoms with van der Waals surface area (Å²) in [6, 6.07) is 7.18. The Morgan fingerprint density at radius 1 is 1.34 bits per heavy atom. The predicted octanol–water partition coefficient (Wildman–Crippen LogP) is 3.86. The number of fused-ring (bicyclic) bond motifs is 3. The van der Waals surface area contributed by atoms with Gasteiger partial charge in [-0.2, -0.15) is 0 Å². The van der Waals surface area contributed by atoms with E-state index in [9.17, 15) is 4.79 Å². The number of anilines is 2. The third-order valence-corrected chi connectivity index (χ3v) is 6.59. The largest absolute Gasteiger partial charge is 0.497 e. The number of amides is 1. The van der Waals surface area contributed by atoms with E-state index in [1.165, 1.54) is 17.3 Å². The van der Waals surface area contributed by atoms with E-state index >= 15 is 0 Å². The van der Waals surface area contributed by atoms with Crippen molar-refractivity contribution in [3.63, 3.8) is 0 Å². The number of aromatic nitrogens is 2. The number of carbonyl (C=O) groups is 1. The highest BCUT2D eigenvalue weighted by Crippen LogP contribution is 2.40. The Hall–Kier alpha value is -2.36. The molecule has 3 heterocycles. The minimum absolute atomic E-state index is 0.136. The van der Waals surface area contributed by atoms with Crippen LogP contribution in [-0.2, 0) is 22.6 Å². The number of nitrogens with one attached hydrogen (secondary N) is 1. The zero-order chi connectivity index (χ0) is 20.6. The van der Waals surface area contributed by atoms with Crippen LogP contribution in [0.15, 0.2) is 29.4 Å². The van der Waals surface area contributed by atoms with Crippen LogP contribution in [0.25, 0.3) is 10.2 Å². The summed E-state index contributed by atoms with van der Waals surface area (Å²) in [5, 5.41) is 4.27. The van der Waals surface area contributed by atoms with Crippen LogP contribution in [0.4, 0.5) is 11.5 Å². The molecule has 1 aliphatic heterocycles. The second kappa shape index (κ2) is 7.81. The quantitative estimate of drug-likeness (QED) is 0.468. The Balaban J connectivity index is 1.46. The third-order valence-electron chi connectivity index (χ3n) is 4.64. The number of hydrogen-bond donors (Lipinski definition) is 2. The number of thiophene rings is 1. The fourth-order valence-electron chi connectivity index (χ4n) is 3.22.